The predicted molar refractivity (Wildman–Crippen MR) is 119 cm³/mol. The molecular formula is C24H28N4O. The quantitative estimate of drug-likeness (QED) is 0.651. The fourth-order valence-electron chi connectivity index (χ4n) is 3.98. The number of piperidine rings is 1. The molecule has 5 heteroatoms. The summed E-state index contributed by atoms with van der Waals surface area (Å²) in [6.07, 6.45) is 7.35. The second-order valence-corrected chi connectivity index (χ2v) is 7.55. The number of rotatable bonds is 6. The summed E-state index contributed by atoms with van der Waals surface area (Å²) >= 11 is 0. The van der Waals surface area contributed by atoms with Crippen molar-refractivity contribution in [2.75, 3.05) is 26.7 Å². The molecule has 1 saturated heterocycles. The minimum atomic E-state index is -0.107. The summed E-state index contributed by atoms with van der Waals surface area (Å²) in [5, 5.41) is 2.61. The van der Waals surface area contributed by atoms with Gasteiger partial charge < -0.3 is 14.8 Å². The van der Waals surface area contributed by atoms with Gasteiger partial charge in [0.25, 0.3) is 0 Å². The number of benzene rings is 2. The number of nitrogens with one attached hydrogen (secondary N) is 1. The number of imidazole rings is 1. The summed E-state index contributed by atoms with van der Waals surface area (Å²) in [5.41, 5.74) is 4.25. The number of likely N-dealkylation sites (N-methyl/N-ethyl adjacent to an activating group) is 1. The van der Waals surface area contributed by atoms with E-state index in [2.05, 4.69) is 45.1 Å². The summed E-state index contributed by atoms with van der Waals surface area (Å²) in [4.78, 5) is 19.0. The largest absolute Gasteiger partial charge is 0.356 e. The number of para-hydroxylation sites is 2. The van der Waals surface area contributed by atoms with E-state index < -0.39 is 0 Å². The van der Waals surface area contributed by atoms with Crippen LogP contribution in [-0.2, 0) is 11.3 Å². The van der Waals surface area contributed by atoms with Gasteiger partial charge in [0.15, 0.2) is 0 Å². The molecule has 0 bridgehead atoms. The number of hydrogen-bond donors (Lipinski definition) is 1. The molecule has 29 heavy (non-hydrogen) atoms. The van der Waals surface area contributed by atoms with Gasteiger partial charge in [0.1, 0.15) is 5.82 Å². The van der Waals surface area contributed by atoms with Crippen LogP contribution in [0.1, 0.15) is 24.8 Å². The van der Waals surface area contributed by atoms with Gasteiger partial charge in [0.05, 0.1) is 11.0 Å². The van der Waals surface area contributed by atoms with Crippen LogP contribution in [0.15, 0.2) is 54.6 Å². The van der Waals surface area contributed by atoms with E-state index in [1.165, 1.54) is 37.9 Å². The van der Waals surface area contributed by atoms with Gasteiger partial charge in [0.2, 0.25) is 5.91 Å². The number of carbonyl (C=O) groups excluding carboxylic acids is 1. The fourth-order valence-corrected chi connectivity index (χ4v) is 3.98. The highest BCUT2D eigenvalue weighted by molar-refractivity contribution is 5.91. The predicted octanol–water partition coefficient (Wildman–Crippen LogP) is 3.95. The molecule has 0 unspecified atom stereocenters. The Kier molecular flexibility index (Phi) is 6.06. The molecule has 0 atom stereocenters. The van der Waals surface area contributed by atoms with Crippen LogP contribution in [0.4, 0.5) is 0 Å². The Balaban J connectivity index is 1.66. The highest BCUT2D eigenvalue weighted by Gasteiger charge is 2.15. The Morgan fingerprint density at radius 3 is 2.72 bits per heavy atom. The fraction of sp³-hybridized carbons (Fsp3) is 0.333. The lowest BCUT2D eigenvalue weighted by Gasteiger charge is -2.26. The minimum Gasteiger partial charge on any atom is -0.356 e. The van der Waals surface area contributed by atoms with Crippen LogP contribution in [-0.4, -0.2) is 47.0 Å². The molecule has 0 saturated carbocycles. The van der Waals surface area contributed by atoms with Gasteiger partial charge in [-0.2, -0.15) is 0 Å². The first-order valence-electron chi connectivity index (χ1n) is 10.4. The Morgan fingerprint density at radius 1 is 1.07 bits per heavy atom. The molecular weight excluding hydrogens is 360 g/mol. The lowest BCUT2D eigenvalue weighted by Crippen LogP contribution is -2.32. The zero-order valence-corrected chi connectivity index (χ0v) is 17.0. The third kappa shape index (κ3) is 4.57. The maximum atomic E-state index is 11.5. The van der Waals surface area contributed by atoms with Crippen LogP contribution in [0.3, 0.4) is 0 Å². The molecule has 150 valence electrons. The Morgan fingerprint density at radius 2 is 1.90 bits per heavy atom. The van der Waals surface area contributed by atoms with E-state index in [1.54, 1.807) is 13.1 Å². The van der Waals surface area contributed by atoms with Gasteiger partial charge in [0, 0.05) is 31.8 Å². The lowest BCUT2D eigenvalue weighted by atomic mass is 10.1. The zero-order valence-electron chi connectivity index (χ0n) is 17.0. The van der Waals surface area contributed by atoms with Crippen molar-refractivity contribution >= 4 is 23.0 Å². The first-order chi connectivity index (χ1) is 14.2. The van der Waals surface area contributed by atoms with Crippen molar-refractivity contribution in [3.05, 3.63) is 60.2 Å². The highest BCUT2D eigenvalue weighted by Crippen LogP contribution is 2.26. The van der Waals surface area contributed by atoms with E-state index >= 15 is 0 Å². The maximum absolute atomic E-state index is 11.5. The molecule has 0 radical (unpaired) electrons. The van der Waals surface area contributed by atoms with Crippen molar-refractivity contribution in [2.45, 2.75) is 25.8 Å². The first-order valence-corrected chi connectivity index (χ1v) is 10.4. The topological polar surface area (TPSA) is 50.2 Å². The highest BCUT2D eigenvalue weighted by atomic mass is 16.1. The van der Waals surface area contributed by atoms with Gasteiger partial charge in [-0.25, -0.2) is 4.98 Å². The monoisotopic (exact) mass is 388 g/mol. The maximum Gasteiger partial charge on any atom is 0.243 e. The van der Waals surface area contributed by atoms with Crippen LogP contribution in [0, 0.1) is 0 Å². The Hall–Kier alpha value is -2.92. The van der Waals surface area contributed by atoms with Crippen molar-refractivity contribution in [2.24, 2.45) is 0 Å². The van der Waals surface area contributed by atoms with Gasteiger partial charge >= 0.3 is 0 Å². The first kappa shape index (κ1) is 19.4. The molecule has 2 aromatic carbocycles. The molecule has 2 heterocycles. The number of carbonyl (C=O) groups is 1. The van der Waals surface area contributed by atoms with E-state index in [0.29, 0.717) is 0 Å². The molecule has 1 N–H and O–H groups in total. The molecule has 5 nitrogen and oxygen atoms in total. The van der Waals surface area contributed by atoms with E-state index in [9.17, 15) is 4.79 Å². The Labute approximate surface area is 172 Å². The number of fused-ring (bicyclic) bond motifs is 1. The molecule has 1 fully saturated rings. The lowest BCUT2D eigenvalue weighted by molar-refractivity contribution is -0.115. The summed E-state index contributed by atoms with van der Waals surface area (Å²) in [7, 11) is 1.63. The van der Waals surface area contributed by atoms with Crippen LogP contribution in [0.5, 0.6) is 0 Å². The molecule has 1 aromatic heterocycles. The van der Waals surface area contributed by atoms with Crippen LogP contribution in [0.25, 0.3) is 28.5 Å². The summed E-state index contributed by atoms with van der Waals surface area (Å²) in [6.45, 7) is 4.36. The molecule has 1 aliphatic heterocycles. The van der Waals surface area contributed by atoms with Crippen molar-refractivity contribution in [3.8, 4) is 11.4 Å². The average Bonchev–Trinajstić information content (AvgIpc) is 3.15. The van der Waals surface area contributed by atoms with E-state index in [-0.39, 0.29) is 5.91 Å². The zero-order chi connectivity index (χ0) is 20.1. The smallest absolute Gasteiger partial charge is 0.243 e. The molecule has 1 amide bonds. The standard InChI is InChI=1S/C24H28N4O/c1-25-23(29)13-12-19-8-7-9-20(18-19)24-26-21-10-3-4-11-22(21)28(24)17-16-27-14-5-2-6-15-27/h3-4,7-13,18H,2,5-6,14-17H2,1H3,(H,25,29)/b13-12+. The van der Waals surface area contributed by atoms with Crippen LogP contribution >= 0.6 is 0 Å². The van der Waals surface area contributed by atoms with E-state index in [4.69, 9.17) is 4.98 Å². The average molecular weight is 389 g/mol. The number of amides is 1. The van der Waals surface area contributed by atoms with Crippen LogP contribution < -0.4 is 5.32 Å². The van der Waals surface area contributed by atoms with Crippen molar-refractivity contribution in [3.63, 3.8) is 0 Å². The molecule has 0 spiro atoms. The number of likely N-dealkylation sites (tertiary alicyclic amines) is 1. The summed E-state index contributed by atoms with van der Waals surface area (Å²) in [6, 6.07) is 16.6. The second kappa shape index (κ2) is 9.05. The van der Waals surface area contributed by atoms with E-state index in [0.717, 1.165) is 35.6 Å². The summed E-state index contributed by atoms with van der Waals surface area (Å²) in [5.74, 6) is 0.877. The summed E-state index contributed by atoms with van der Waals surface area (Å²) < 4.78 is 2.34. The van der Waals surface area contributed by atoms with Crippen molar-refractivity contribution in [1.29, 1.82) is 0 Å². The second-order valence-electron chi connectivity index (χ2n) is 7.55. The van der Waals surface area contributed by atoms with Gasteiger partial charge in [-0.1, -0.05) is 36.8 Å². The molecule has 3 aromatic rings. The minimum absolute atomic E-state index is 0.107. The molecule has 4 rings (SSSR count). The van der Waals surface area contributed by atoms with Gasteiger partial charge in [-0.15, -0.1) is 0 Å². The third-order valence-electron chi connectivity index (χ3n) is 5.56. The number of nitrogens with zero attached hydrogens (tertiary/aromatic N) is 3. The van der Waals surface area contributed by atoms with Gasteiger partial charge in [-0.3, -0.25) is 4.79 Å². The normalized spacial score (nSPS) is 15.2. The van der Waals surface area contributed by atoms with Crippen LogP contribution in [0.2, 0.25) is 0 Å². The number of hydrogen-bond acceptors (Lipinski definition) is 3. The SMILES string of the molecule is CNC(=O)/C=C/c1cccc(-c2nc3ccccc3n2CCN2CCCCC2)c1. The van der Waals surface area contributed by atoms with Gasteiger partial charge in [-0.05, 0) is 55.8 Å². The van der Waals surface area contributed by atoms with E-state index in [1.807, 2.05) is 24.3 Å². The third-order valence-corrected chi connectivity index (χ3v) is 5.56. The van der Waals surface area contributed by atoms with Crippen molar-refractivity contribution in [1.82, 2.24) is 19.8 Å². The molecule has 1 aliphatic rings. The Bertz CT molecular complexity index is 1010. The van der Waals surface area contributed by atoms with Crippen molar-refractivity contribution < 1.29 is 4.79 Å². The molecule has 0 aliphatic carbocycles. The number of aromatic nitrogens is 2.